The predicted octanol–water partition coefficient (Wildman–Crippen LogP) is 1.87. The molecule has 0 fully saturated rings. The largest absolute Gasteiger partial charge is 0.456 e. The molecule has 0 amide bonds. The molecule has 0 aliphatic carbocycles. The van der Waals surface area contributed by atoms with E-state index in [0.717, 1.165) is 0 Å². The number of ether oxygens (including phenoxy) is 2. The van der Waals surface area contributed by atoms with E-state index >= 15 is 0 Å². The molecule has 0 saturated carbocycles. The first-order chi connectivity index (χ1) is 9.13. The third-order valence-electron chi connectivity index (χ3n) is 2.67. The highest BCUT2D eigenvalue weighted by molar-refractivity contribution is 7.87. The van der Waals surface area contributed by atoms with E-state index in [1.807, 2.05) is 0 Å². The Morgan fingerprint density at radius 2 is 1.95 bits per heavy atom. The van der Waals surface area contributed by atoms with E-state index in [0.29, 0.717) is 28.2 Å². The second-order valence-electron chi connectivity index (χ2n) is 4.02. The van der Waals surface area contributed by atoms with Crippen LogP contribution in [0.2, 0.25) is 0 Å². The van der Waals surface area contributed by atoms with Crippen LogP contribution < -0.4 is 14.9 Å². The lowest BCUT2D eigenvalue weighted by Crippen LogP contribution is -2.00. The molecule has 0 saturated heterocycles. The second kappa shape index (κ2) is 4.55. The highest BCUT2D eigenvalue weighted by Gasteiger charge is 2.16. The number of hydrogen-bond donors (Lipinski definition) is 0. The first-order valence-electron chi connectivity index (χ1n) is 5.51. The van der Waals surface area contributed by atoms with Crippen molar-refractivity contribution in [2.45, 2.75) is 0 Å². The minimum Gasteiger partial charge on any atom is -0.456 e. The molecule has 1 aromatic carbocycles. The fourth-order valence-electron chi connectivity index (χ4n) is 1.81. The zero-order valence-corrected chi connectivity index (χ0v) is 10.9. The summed E-state index contributed by atoms with van der Waals surface area (Å²) >= 11 is 0. The van der Waals surface area contributed by atoms with Crippen LogP contribution in [0.15, 0.2) is 32.8 Å². The van der Waals surface area contributed by atoms with E-state index in [1.165, 1.54) is 23.8 Å². The summed E-state index contributed by atoms with van der Waals surface area (Å²) in [5.41, 5.74) is 0.236. The van der Waals surface area contributed by atoms with Crippen LogP contribution in [-0.2, 0) is 10.8 Å². The molecule has 2 aromatic rings. The lowest BCUT2D eigenvalue weighted by atomic mass is 10.2. The summed E-state index contributed by atoms with van der Waals surface area (Å²) in [6.07, 6.45) is 3.05. The Labute approximate surface area is 110 Å². The number of hydrogen-bond acceptors (Lipinski definition) is 5. The second-order valence-corrected chi connectivity index (χ2v) is 5.29. The first-order valence-corrected chi connectivity index (χ1v) is 7.13. The van der Waals surface area contributed by atoms with E-state index in [2.05, 4.69) is 0 Å². The van der Waals surface area contributed by atoms with Crippen LogP contribution >= 0.6 is 0 Å². The highest BCUT2D eigenvalue weighted by atomic mass is 32.2. The molecule has 1 atom stereocenters. The van der Waals surface area contributed by atoms with Crippen molar-refractivity contribution in [3.05, 3.63) is 39.6 Å². The Kier molecular flexibility index (Phi) is 2.87. The van der Waals surface area contributed by atoms with Crippen LogP contribution in [0.3, 0.4) is 0 Å². The van der Waals surface area contributed by atoms with Crippen LogP contribution in [0.5, 0.6) is 11.5 Å². The average molecular weight is 278 g/mol. The molecule has 0 radical (unpaired) electrons. The van der Waals surface area contributed by atoms with Crippen LogP contribution in [0.4, 0.5) is 0 Å². The Bertz CT molecular complexity index is 759. The van der Waals surface area contributed by atoms with Gasteiger partial charge in [-0.1, -0.05) is 0 Å². The highest BCUT2D eigenvalue weighted by Crippen LogP contribution is 2.35. The minimum absolute atomic E-state index is 0.140. The average Bonchev–Trinajstić information content (AvgIpc) is 2.81. The quantitative estimate of drug-likeness (QED) is 0.839. The van der Waals surface area contributed by atoms with Crippen molar-refractivity contribution in [2.75, 3.05) is 13.0 Å². The van der Waals surface area contributed by atoms with Gasteiger partial charge in [-0.25, -0.2) is 0 Å². The van der Waals surface area contributed by atoms with Crippen LogP contribution in [-0.4, -0.2) is 17.3 Å². The summed E-state index contributed by atoms with van der Waals surface area (Å²) in [7, 11) is -1.09. The first kappa shape index (κ1) is 12.0. The van der Waals surface area contributed by atoms with Gasteiger partial charge in [0.25, 0.3) is 0 Å². The Hall–Kier alpha value is -2.08. The van der Waals surface area contributed by atoms with Gasteiger partial charge in [-0.3, -0.25) is 9.00 Å². The van der Waals surface area contributed by atoms with Gasteiger partial charge in [-0.15, -0.1) is 0 Å². The number of benzene rings is 1. The van der Waals surface area contributed by atoms with Gasteiger partial charge in [0, 0.05) is 34.6 Å². The summed E-state index contributed by atoms with van der Waals surface area (Å²) in [5, 5.41) is 1.89. The van der Waals surface area contributed by atoms with E-state index in [4.69, 9.17) is 13.9 Å². The van der Waals surface area contributed by atoms with Crippen molar-refractivity contribution in [2.24, 2.45) is 0 Å². The number of fused-ring (bicyclic) bond motifs is 2. The molecule has 0 bridgehead atoms. The van der Waals surface area contributed by atoms with Crippen molar-refractivity contribution in [1.82, 2.24) is 0 Å². The van der Waals surface area contributed by atoms with Crippen LogP contribution in [0.1, 0.15) is 5.76 Å². The summed E-state index contributed by atoms with van der Waals surface area (Å²) < 4.78 is 27.0. The summed E-state index contributed by atoms with van der Waals surface area (Å²) in [4.78, 5) is 12.0. The molecule has 1 aliphatic heterocycles. The Balaban J connectivity index is 2.18. The maximum atomic E-state index is 12.0. The number of rotatable bonds is 2. The molecule has 0 N–H and O–H groups in total. The lowest BCUT2D eigenvalue weighted by molar-refractivity contribution is 0.174. The molecule has 5 nitrogen and oxygen atoms in total. The Morgan fingerprint density at radius 3 is 2.68 bits per heavy atom. The Morgan fingerprint density at radius 1 is 1.21 bits per heavy atom. The third kappa shape index (κ3) is 2.26. The van der Waals surface area contributed by atoms with Crippen molar-refractivity contribution in [1.29, 1.82) is 0 Å². The van der Waals surface area contributed by atoms with Crippen molar-refractivity contribution < 1.29 is 18.1 Å². The van der Waals surface area contributed by atoms with E-state index in [-0.39, 0.29) is 12.2 Å². The summed E-state index contributed by atoms with van der Waals surface area (Å²) in [6.45, 7) is 0.140. The van der Waals surface area contributed by atoms with Crippen molar-refractivity contribution >= 4 is 27.8 Å². The topological polar surface area (TPSA) is 65.7 Å². The molecule has 6 heteroatoms. The van der Waals surface area contributed by atoms with Gasteiger partial charge in [0.15, 0.2) is 16.9 Å². The van der Waals surface area contributed by atoms with E-state index < -0.39 is 10.8 Å². The van der Waals surface area contributed by atoms with Crippen LogP contribution in [0.25, 0.3) is 17.0 Å². The van der Waals surface area contributed by atoms with Gasteiger partial charge < -0.3 is 13.9 Å². The van der Waals surface area contributed by atoms with Crippen LogP contribution in [0, 0.1) is 0 Å². The summed E-state index contributed by atoms with van der Waals surface area (Å²) in [5.74, 6) is 1.44. The fraction of sp³-hybridized carbons (Fsp3) is 0.154. The van der Waals surface area contributed by atoms with Crippen molar-refractivity contribution in [3.8, 4) is 11.5 Å². The third-order valence-corrected chi connectivity index (χ3v) is 3.18. The van der Waals surface area contributed by atoms with Crippen molar-refractivity contribution in [3.63, 3.8) is 0 Å². The zero-order valence-electron chi connectivity index (χ0n) is 10.0. The summed E-state index contributed by atoms with van der Waals surface area (Å²) in [6, 6.07) is 4.59. The lowest BCUT2D eigenvalue weighted by Gasteiger charge is -2.01. The van der Waals surface area contributed by atoms with Gasteiger partial charge in [0.2, 0.25) is 6.79 Å². The minimum atomic E-state index is -1.09. The van der Waals surface area contributed by atoms with Gasteiger partial charge in [0.05, 0.1) is 5.39 Å². The molecular formula is C13H10O5S. The predicted molar refractivity (Wildman–Crippen MR) is 71.7 cm³/mol. The van der Waals surface area contributed by atoms with Gasteiger partial charge in [-0.2, -0.15) is 0 Å². The molecule has 3 rings (SSSR count). The van der Waals surface area contributed by atoms with E-state index in [1.54, 1.807) is 12.1 Å². The molecule has 1 unspecified atom stereocenters. The fourth-order valence-corrected chi connectivity index (χ4v) is 2.13. The van der Waals surface area contributed by atoms with Gasteiger partial charge in [0.1, 0.15) is 11.3 Å². The molecule has 1 aliphatic rings. The molecule has 98 valence electrons. The van der Waals surface area contributed by atoms with Gasteiger partial charge in [-0.05, 0) is 12.1 Å². The smallest absolute Gasteiger partial charge is 0.231 e. The SMILES string of the molecule is CS(=O)/C=C/c1cc(=O)c2cc3c(cc2o1)OCO3. The maximum absolute atomic E-state index is 12.0. The maximum Gasteiger partial charge on any atom is 0.231 e. The normalized spacial score (nSPS) is 15.2. The molecule has 2 heterocycles. The van der Waals surface area contributed by atoms with Gasteiger partial charge >= 0.3 is 0 Å². The molecular weight excluding hydrogens is 268 g/mol. The van der Waals surface area contributed by atoms with E-state index in [9.17, 15) is 9.00 Å². The molecule has 1 aromatic heterocycles. The molecule has 19 heavy (non-hydrogen) atoms. The standard InChI is InChI=1S/C13H10O5S/c1-19(15)3-2-8-4-10(14)9-5-12-13(17-7-16-12)6-11(9)18-8/h2-6H,7H2,1H3/b3-2+. The zero-order chi connectivity index (χ0) is 13.4. The monoisotopic (exact) mass is 278 g/mol. The molecule has 0 spiro atoms.